The Morgan fingerprint density at radius 2 is 2.20 bits per heavy atom. The molecule has 0 amide bonds. The van der Waals surface area contributed by atoms with Gasteiger partial charge in [-0.25, -0.2) is 0 Å². The van der Waals surface area contributed by atoms with Gasteiger partial charge in [0.1, 0.15) is 12.4 Å². The summed E-state index contributed by atoms with van der Waals surface area (Å²) >= 11 is 11.7. The van der Waals surface area contributed by atoms with Gasteiger partial charge >= 0.3 is 0 Å². The second-order valence-corrected chi connectivity index (χ2v) is 3.76. The lowest BCUT2D eigenvalue weighted by Crippen LogP contribution is -2.20. The van der Waals surface area contributed by atoms with E-state index in [2.05, 4.69) is 11.9 Å². The smallest absolute Gasteiger partial charge is 0.139 e. The Balaban J connectivity index is 2.36. The van der Waals surface area contributed by atoms with Crippen LogP contribution in [0.5, 0.6) is 5.75 Å². The van der Waals surface area contributed by atoms with Crippen LogP contribution in [-0.2, 0) is 0 Å². The largest absolute Gasteiger partial charge is 0.491 e. The van der Waals surface area contributed by atoms with Gasteiger partial charge < -0.3 is 10.1 Å². The van der Waals surface area contributed by atoms with Crippen LogP contribution >= 0.6 is 23.2 Å². The van der Waals surface area contributed by atoms with Crippen molar-refractivity contribution < 1.29 is 4.74 Å². The summed E-state index contributed by atoms with van der Waals surface area (Å²) in [6, 6.07) is 5.15. The third-order valence-electron chi connectivity index (χ3n) is 1.72. The molecule has 2 nitrogen and oxygen atoms in total. The highest BCUT2D eigenvalue weighted by Gasteiger charge is 2.01. The van der Waals surface area contributed by atoms with E-state index in [1.807, 2.05) is 0 Å². The standard InChI is InChI=1S/C11H13Cl2NO/c1-2-5-14-6-7-15-11-8-9(12)3-4-10(11)13/h2-4,8,14H,1,5-7H2. The Morgan fingerprint density at radius 1 is 1.40 bits per heavy atom. The van der Waals surface area contributed by atoms with Crippen molar-refractivity contribution in [2.45, 2.75) is 0 Å². The minimum absolute atomic E-state index is 0.550. The average molecular weight is 246 g/mol. The summed E-state index contributed by atoms with van der Waals surface area (Å²) in [5.41, 5.74) is 0. The van der Waals surface area contributed by atoms with Crippen molar-refractivity contribution in [1.82, 2.24) is 5.32 Å². The van der Waals surface area contributed by atoms with Crippen LogP contribution in [0.1, 0.15) is 0 Å². The molecule has 0 saturated carbocycles. The Kier molecular flexibility index (Phi) is 5.54. The molecule has 1 rings (SSSR count). The summed E-state index contributed by atoms with van der Waals surface area (Å²) in [7, 11) is 0. The van der Waals surface area contributed by atoms with E-state index in [4.69, 9.17) is 27.9 Å². The van der Waals surface area contributed by atoms with Gasteiger partial charge in [-0.05, 0) is 12.1 Å². The summed E-state index contributed by atoms with van der Waals surface area (Å²) in [6.07, 6.45) is 1.80. The third kappa shape index (κ3) is 4.56. The highest BCUT2D eigenvalue weighted by Crippen LogP contribution is 2.27. The van der Waals surface area contributed by atoms with E-state index >= 15 is 0 Å². The van der Waals surface area contributed by atoms with Gasteiger partial charge in [-0.1, -0.05) is 29.3 Å². The normalized spacial score (nSPS) is 10.0. The molecule has 82 valence electrons. The van der Waals surface area contributed by atoms with Gasteiger partial charge in [0.05, 0.1) is 5.02 Å². The van der Waals surface area contributed by atoms with E-state index < -0.39 is 0 Å². The Morgan fingerprint density at radius 3 is 2.93 bits per heavy atom. The van der Waals surface area contributed by atoms with Crippen molar-refractivity contribution in [1.29, 1.82) is 0 Å². The van der Waals surface area contributed by atoms with Crippen molar-refractivity contribution in [3.05, 3.63) is 40.9 Å². The zero-order chi connectivity index (χ0) is 11.1. The maximum absolute atomic E-state index is 5.92. The molecule has 0 aliphatic rings. The SMILES string of the molecule is C=CCNCCOc1cc(Cl)ccc1Cl. The van der Waals surface area contributed by atoms with Crippen LogP contribution in [-0.4, -0.2) is 19.7 Å². The van der Waals surface area contributed by atoms with Gasteiger partial charge in [0.25, 0.3) is 0 Å². The van der Waals surface area contributed by atoms with Gasteiger partial charge in [-0.15, -0.1) is 6.58 Å². The molecule has 4 heteroatoms. The topological polar surface area (TPSA) is 21.3 Å². The molecule has 0 spiro atoms. The summed E-state index contributed by atoms with van der Waals surface area (Å²) < 4.78 is 5.45. The van der Waals surface area contributed by atoms with Crippen molar-refractivity contribution in [2.24, 2.45) is 0 Å². The van der Waals surface area contributed by atoms with Crippen LogP contribution < -0.4 is 10.1 Å². The lowest BCUT2D eigenvalue weighted by molar-refractivity contribution is 0.316. The molecule has 1 aromatic carbocycles. The monoisotopic (exact) mass is 245 g/mol. The van der Waals surface area contributed by atoms with Crippen molar-refractivity contribution in [3.8, 4) is 5.75 Å². The Hall–Kier alpha value is -0.700. The number of hydrogen-bond donors (Lipinski definition) is 1. The molecule has 1 N–H and O–H groups in total. The molecule has 0 aromatic heterocycles. The molecule has 15 heavy (non-hydrogen) atoms. The number of ether oxygens (including phenoxy) is 1. The van der Waals surface area contributed by atoms with Crippen LogP contribution in [0.25, 0.3) is 0 Å². The Labute approximate surface area is 99.8 Å². The highest BCUT2D eigenvalue weighted by atomic mass is 35.5. The summed E-state index contributed by atoms with van der Waals surface area (Å²) in [5.74, 6) is 0.615. The molecule has 0 radical (unpaired) electrons. The molecule has 0 fully saturated rings. The van der Waals surface area contributed by atoms with Crippen LogP contribution in [0, 0.1) is 0 Å². The van der Waals surface area contributed by atoms with Crippen LogP contribution in [0.2, 0.25) is 10.0 Å². The van der Waals surface area contributed by atoms with Crippen molar-refractivity contribution in [3.63, 3.8) is 0 Å². The summed E-state index contributed by atoms with van der Waals surface area (Å²) in [5, 5.41) is 4.31. The first-order chi connectivity index (χ1) is 7.24. The van der Waals surface area contributed by atoms with E-state index in [-0.39, 0.29) is 0 Å². The molecule has 0 saturated heterocycles. The summed E-state index contributed by atoms with van der Waals surface area (Å²) in [4.78, 5) is 0. The van der Waals surface area contributed by atoms with E-state index in [0.29, 0.717) is 22.4 Å². The molecule has 0 heterocycles. The van der Waals surface area contributed by atoms with E-state index in [1.165, 1.54) is 0 Å². The number of benzene rings is 1. The Bertz CT molecular complexity index is 328. The van der Waals surface area contributed by atoms with E-state index in [9.17, 15) is 0 Å². The van der Waals surface area contributed by atoms with Gasteiger partial charge in [0, 0.05) is 24.2 Å². The van der Waals surface area contributed by atoms with Gasteiger partial charge in [-0.3, -0.25) is 0 Å². The second kappa shape index (κ2) is 6.72. The average Bonchev–Trinajstić information content (AvgIpc) is 2.23. The van der Waals surface area contributed by atoms with Crippen LogP contribution in [0.3, 0.4) is 0 Å². The quantitative estimate of drug-likeness (QED) is 0.615. The van der Waals surface area contributed by atoms with E-state index in [0.717, 1.165) is 13.1 Å². The van der Waals surface area contributed by atoms with Crippen LogP contribution in [0.4, 0.5) is 0 Å². The fraction of sp³-hybridized carbons (Fsp3) is 0.273. The number of halogens is 2. The van der Waals surface area contributed by atoms with Gasteiger partial charge in [0.2, 0.25) is 0 Å². The second-order valence-electron chi connectivity index (χ2n) is 2.92. The molecule has 0 bridgehead atoms. The molecular weight excluding hydrogens is 233 g/mol. The van der Waals surface area contributed by atoms with Crippen LogP contribution in [0.15, 0.2) is 30.9 Å². The minimum Gasteiger partial charge on any atom is -0.491 e. The molecule has 0 atom stereocenters. The minimum atomic E-state index is 0.550. The predicted octanol–water partition coefficient (Wildman–Crippen LogP) is 3.15. The summed E-state index contributed by atoms with van der Waals surface area (Å²) in [6.45, 7) is 5.67. The maximum atomic E-state index is 5.92. The first-order valence-corrected chi connectivity index (χ1v) is 5.39. The first kappa shape index (κ1) is 12.4. The zero-order valence-electron chi connectivity index (χ0n) is 8.30. The first-order valence-electron chi connectivity index (χ1n) is 4.63. The lowest BCUT2D eigenvalue weighted by Gasteiger charge is -2.08. The lowest BCUT2D eigenvalue weighted by atomic mass is 10.3. The number of hydrogen-bond acceptors (Lipinski definition) is 2. The van der Waals surface area contributed by atoms with Crippen molar-refractivity contribution in [2.75, 3.05) is 19.7 Å². The van der Waals surface area contributed by atoms with Crippen molar-refractivity contribution >= 4 is 23.2 Å². The fourth-order valence-corrected chi connectivity index (χ4v) is 1.36. The molecule has 0 aliphatic heterocycles. The molecular formula is C11H13Cl2NO. The highest BCUT2D eigenvalue weighted by molar-refractivity contribution is 6.34. The molecule has 0 aliphatic carbocycles. The molecule has 1 aromatic rings. The third-order valence-corrected chi connectivity index (χ3v) is 2.27. The maximum Gasteiger partial charge on any atom is 0.139 e. The van der Waals surface area contributed by atoms with Gasteiger partial charge in [-0.2, -0.15) is 0 Å². The van der Waals surface area contributed by atoms with E-state index in [1.54, 1.807) is 24.3 Å². The molecule has 0 unspecified atom stereocenters. The van der Waals surface area contributed by atoms with Gasteiger partial charge in [0.15, 0.2) is 0 Å². The number of nitrogens with one attached hydrogen (secondary N) is 1. The fourth-order valence-electron chi connectivity index (χ4n) is 1.03. The predicted molar refractivity (Wildman–Crippen MR) is 65.0 cm³/mol. The number of rotatable bonds is 6. The zero-order valence-corrected chi connectivity index (χ0v) is 9.81.